The van der Waals surface area contributed by atoms with Crippen LogP contribution in [-0.4, -0.2) is 6.61 Å². The maximum Gasteiger partial charge on any atom is 0.120 e. The molecule has 0 amide bonds. The first-order chi connectivity index (χ1) is 9.74. The molecule has 0 aliphatic carbocycles. The Morgan fingerprint density at radius 3 is 2.65 bits per heavy atom. The molecule has 2 N–H and O–H groups in total. The van der Waals surface area contributed by atoms with Crippen molar-refractivity contribution in [3.63, 3.8) is 0 Å². The minimum Gasteiger partial charge on any atom is -0.489 e. The van der Waals surface area contributed by atoms with Gasteiger partial charge in [-0.15, -0.1) is 0 Å². The number of ether oxygens (including phenoxy) is 1. The summed E-state index contributed by atoms with van der Waals surface area (Å²) in [6, 6.07) is 18.1. The van der Waals surface area contributed by atoms with E-state index in [0.717, 1.165) is 29.1 Å². The molecule has 0 aliphatic heterocycles. The van der Waals surface area contributed by atoms with Crippen LogP contribution in [0.3, 0.4) is 0 Å². The monoisotopic (exact) mass is 268 g/mol. The third kappa shape index (κ3) is 4.78. The molecule has 20 heavy (non-hydrogen) atoms. The number of rotatable bonds is 7. The first kappa shape index (κ1) is 14.2. The summed E-state index contributed by atoms with van der Waals surface area (Å²) < 4.78 is 5.62. The van der Waals surface area contributed by atoms with Crippen molar-refractivity contribution < 1.29 is 4.74 Å². The molecule has 0 fully saturated rings. The highest BCUT2D eigenvalue weighted by molar-refractivity contribution is 5.41. The highest BCUT2D eigenvalue weighted by Crippen LogP contribution is 2.14. The zero-order chi connectivity index (χ0) is 14.2. The summed E-state index contributed by atoms with van der Waals surface area (Å²) in [5, 5.41) is 0. The molecule has 2 aromatic rings. The second kappa shape index (κ2) is 7.36. The fourth-order valence-corrected chi connectivity index (χ4v) is 1.72. The van der Waals surface area contributed by atoms with Gasteiger partial charge in [-0.25, -0.2) is 5.43 Å². The Bertz CT molecular complexity index is 552. The SMILES string of the molecule is C=C(C)COc1cccc(CNNc2ccccc2)c1. The highest BCUT2D eigenvalue weighted by atomic mass is 16.5. The number of anilines is 1. The minimum absolute atomic E-state index is 0.555. The van der Waals surface area contributed by atoms with E-state index in [1.54, 1.807) is 0 Å². The summed E-state index contributed by atoms with van der Waals surface area (Å²) in [4.78, 5) is 0. The Morgan fingerprint density at radius 2 is 1.90 bits per heavy atom. The normalized spacial score (nSPS) is 10.1. The number of hydrazine groups is 1. The molecule has 0 spiro atoms. The van der Waals surface area contributed by atoms with Gasteiger partial charge >= 0.3 is 0 Å². The smallest absolute Gasteiger partial charge is 0.120 e. The van der Waals surface area contributed by atoms with Crippen LogP contribution in [0.15, 0.2) is 66.7 Å². The van der Waals surface area contributed by atoms with Crippen molar-refractivity contribution in [3.8, 4) is 5.75 Å². The minimum atomic E-state index is 0.555. The zero-order valence-electron chi connectivity index (χ0n) is 11.7. The number of hydrogen-bond acceptors (Lipinski definition) is 3. The molecular formula is C17H20N2O. The van der Waals surface area contributed by atoms with Gasteiger partial charge in [0, 0.05) is 12.2 Å². The maximum absolute atomic E-state index is 5.62. The maximum atomic E-state index is 5.62. The second-order valence-corrected chi connectivity index (χ2v) is 4.74. The van der Waals surface area contributed by atoms with Crippen molar-refractivity contribution in [2.75, 3.05) is 12.0 Å². The Labute approximate surface area is 120 Å². The van der Waals surface area contributed by atoms with Gasteiger partial charge in [-0.05, 0) is 42.3 Å². The predicted molar refractivity (Wildman–Crippen MR) is 83.7 cm³/mol. The summed E-state index contributed by atoms with van der Waals surface area (Å²) in [6.45, 7) is 7.06. The Balaban J connectivity index is 1.83. The van der Waals surface area contributed by atoms with Crippen LogP contribution in [0.5, 0.6) is 5.75 Å². The van der Waals surface area contributed by atoms with Crippen LogP contribution < -0.4 is 15.6 Å². The molecule has 0 unspecified atom stereocenters. The van der Waals surface area contributed by atoms with Crippen molar-refractivity contribution >= 4 is 5.69 Å². The van der Waals surface area contributed by atoms with Crippen LogP contribution in [0.25, 0.3) is 0 Å². The molecule has 104 valence electrons. The number of nitrogens with one attached hydrogen (secondary N) is 2. The van der Waals surface area contributed by atoms with E-state index in [-0.39, 0.29) is 0 Å². The molecule has 0 atom stereocenters. The molecule has 0 aromatic heterocycles. The van der Waals surface area contributed by atoms with Gasteiger partial charge in [0.2, 0.25) is 0 Å². The van der Waals surface area contributed by atoms with Gasteiger partial charge in [0.1, 0.15) is 12.4 Å². The fraction of sp³-hybridized carbons (Fsp3) is 0.176. The topological polar surface area (TPSA) is 33.3 Å². The van der Waals surface area contributed by atoms with Gasteiger partial charge in [-0.1, -0.05) is 36.9 Å². The van der Waals surface area contributed by atoms with Gasteiger partial charge in [-0.3, -0.25) is 0 Å². The fourth-order valence-electron chi connectivity index (χ4n) is 1.72. The molecule has 0 radical (unpaired) electrons. The van der Waals surface area contributed by atoms with Crippen LogP contribution >= 0.6 is 0 Å². The lowest BCUT2D eigenvalue weighted by Crippen LogP contribution is -2.20. The summed E-state index contributed by atoms with van der Waals surface area (Å²) in [6.07, 6.45) is 0. The van der Waals surface area contributed by atoms with E-state index in [1.165, 1.54) is 0 Å². The molecular weight excluding hydrogens is 248 g/mol. The largest absolute Gasteiger partial charge is 0.489 e. The van der Waals surface area contributed by atoms with Gasteiger partial charge in [0.05, 0.1) is 0 Å². The molecule has 0 saturated carbocycles. The van der Waals surface area contributed by atoms with E-state index in [2.05, 4.69) is 23.5 Å². The second-order valence-electron chi connectivity index (χ2n) is 4.74. The van der Waals surface area contributed by atoms with Crippen LogP contribution in [0, 0.1) is 0 Å². The third-order valence-corrected chi connectivity index (χ3v) is 2.68. The average Bonchev–Trinajstić information content (AvgIpc) is 2.47. The van der Waals surface area contributed by atoms with E-state index in [1.807, 2.05) is 55.5 Å². The van der Waals surface area contributed by atoms with Crippen LogP contribution in [0.2, 0.25) is 0 Å². The van der Waals surface area contributed by atoms with Crippen molar-refractivity contribution in [2.24, 2.45) is 0 Å². The average molecular weight is 268 g/mol. The third-order valence-electron chi connectivity index (χ3n) is 2.68. The van der Waals surface area contributed by atoms with Crippen LogP contribution in [0.1, 0.15) is 12.5 Å². The van der Waals surface area contributed by atoms with Crippen molar-refractivity contribution in [1.29, 1.82) is 0 Å². The number of para-hydroxylation sites is 1. The molecule has 2 rings (SSSR count). The standard InChI is InChI=1S/C17H20N2O/c1-14(2)13-20-17-10-6-7-15(11-17)12-18-19-16-8-4-3-5-9-16/h3-11,18-19H,1,12-13H2,2H3. The summed E-state index contributed by atoms with van der Waals surface area (Å²) in [5.74, 6) is 0.868. The van der Waals surface area contributed by atoms with E-state index in [9.17, 15) is 0 Å². The van der Waals surface area contributed by atoms with Gasteiger partial charge < -0.3 is 10.2 Å². The van der Waals surface area contributed by atoms with E-state index < -0.39 is 0 Å². The molecule has 3 nitrogen and oxygen atoms in total. The van der Waals surface area contributed by atoms with Crippen molar-refractivity contribution in [1.82, 2.24) is 5.43 Å². The summed E-state index contributed by atoms with van der Waals surface area (Å²) >= 11 is 0. The Hall–Kier alpha value is -2.26. The predicted octanol–water partition coefficient (Wildman–Crippen LogP) is 3.76. The van der Waals surface area contributed by atoms with Crippen LogP contribution in [-0.2, 0) is 6.54 Å². The lowest BCUT2D eigenvalue weighted by Gasteiger charge is -2.10. The number of benzene rings is 2. The van der Waals surface area contributed by atoms with Crippen molar-refractivity contribution in [2.45, 2.75) is 13.5 Å². The summed E-state index contributed by atoms with van der Waals surface area (Å²) in [5.41, 5.74) is 9.56. The highest BCUT2D eigenvalue weighted by Gasteiger charge is 1.97. The molecule has 3 heteroatoms. The van der Waals surface area contributed by atoms with Gasteiger partial charge in [-0.2, -0.15) is 0 Å². The van der Waals surface area contributed by atoms with Gasteiger partial charge in [0.15, 0.2) is 0 Å². The van der Waals surface area contributed by atoms with E-state index in [4.69, 9.17) is 4.74 Å². The number of hydrogen-bond donors (Lipinski definition) is 2. The molecule has 0 bridgehead atoms. The lowest BCUT2D eigenvalue weighted by molar-refractivity contribution is 0.352. The van der Waals surface area contributed by atoms with Crippen molar-refractivity contribution in [3.05, 3.63) is 72.3 Å². The first-order valence-corrected chi connectivity index (χ1v) is 6.64. The Morgan fingerprint density at radius 1 is 1.10 bits per heavy atom. The van der Waals surface area contributed by atoms with Gasteiger partial charge in [0.25, 0.3) is 0 Å². The lowest BCUT2D eigenvalue weighted by atomic mass is 10.2. The van der Waals surface area contributed by atoms with E-state index >= 15 is 0 Å². The molecule has 0 saturated heterocycles. The van der Waals surface area contributed by atoms with Crippen LogP contribution in [0.4, 0.5) is 5.69 Å². The Kier molecular flexibility index (Phi) is 5.21. The molecule has 0 heterocycles. The summed E-state index contributed by atoms with van der Waals surface area (Å²) in [7, 11) is 0. The zero-order valence-corrected chi connectivity index (χ0v) is 11.7. The quantitative estimate of drug-likeness (QED) is 0.592. The first-order valence-electron chi connectivity index (χ1n) is 6.64. The molecule has 2 aromatic carbocycles. The van der Waals surface area contributed by atoms with E-state index in [0.29, 0.717) is 6.61 Å². The molecule has 0 aliphatic rings.